The van der Waals surface area contributed by atoms with Gasteiger partial charge in [0.2, 0.25) is 0 Å². The van der Waals surface area contributed by atoms with E-state index >= 15 is 0 Å². The van der Waals surface area contributed by atoms with Gasteiger partial charge in [0.15, 0.2) is 0 Å². The van der Waals surface area contributed by atoms with Crippen LogP contribution in [0.2, 0.25) is 0 Å². The average Bonchev–Trinajstić information content (AvgIpc) is 3.09. The Hall–Kier alpha value is -0.0800. The van der Waals surface area contributed by atoms with Crippen LogP contribution < -0.4 is 5.32 Å². The van der Waals surface area contributed by atoms with E-state index in [1.54, 1.807) is 0 Å². The Bertz CT molecular complexity index is 268. The standard InChI is InChI=1S/C16H29NO/c1-2-14(11-13-5-6-13)17-15-7-10-18-16(12-15)8-3-4-9-16/h13-15,17H,2-12H2,1H3. The molecule has 2 heteroatoms. The maximum atomic E-state index is 6.13. The van der Waals surface area contributed by atoms with Crippen molar-refractivity contribution in [1.82, 2.24) is 5.32 Å². The van der Waals surface area contributed by atoms with Gasteiger partial charge in [-0.15, -0.1) is 0 Å². The Morgan fingerprint density at radius 1 is 1.22 bits per heavy atom. The molecule has 2 nitrogen and oxygen atoms in total. The maximum absolute atomic E-state index is 6.13. The molecule has 2 saturated carbocycles. The maximum Gasteiger partial charge on any atom is 0.0697 e. The lowest BCUT2D eigenvalue weighted by Gasteiger charge is -2.40. The van der Waals surface area contributed by atoms with Crippen LogP contribution in [0.15, 0.2) is 0 Å². The molecule has 0 bridgehead atoms. The van der Waals surface area contributed by atoms with Gasteiger partial charge in [0, 0.05) is 18.7 Å². The van der Waals surface area contributed by atoms with E-state index in [4.69, 9.17) is 4.74 Å². The highest BCUT2D eigenvalue weighted by atomic mass is 16.5. The first-order valence-corrected chi connectivity index (χ1v) is 8.20. The molecule has 2 unspecified atom stereocenters. The topological polar surface area (TPSA) is 21.3 Å². The molecule has 3 fully saturated rings. The second-order valence-electron chi connectivity index (χ2n) is 6.88. The van der Waals surface area contributed by atoms with Crippen LogP contribution in [-0.4, -0.2) is 24.3 Å². The molecule has 1 saturated heterocycles. The Morgan fingerprint density at radius 2 is 2.00 bits per heavy atom. The monoisotopic (exact) mass is 251 g/mol. The molecule has 1 aliphatic heterocycles. The van der Waals surface area contributed by atoms with Gasteiger partial charge in [-0.2, -0.15) is 0 Å². The predicted molar refractivity (Wildman–Crippen MR) is 74.7 cm³/mol. The Morgan fingerprint density at radius 3 is 2.67 bits per heavy atom. The first-order chi connectivity index (χ1) is 8.80. The van der Waals surface area contributed by atoms with Gasteiger partial charge < -0.3 is 10.1 Å². The van der Waals surface area contributed by atoms with E-state index in [0.717, 1.165) is 24.6 Å². The second kappa shape index (κ2) is 5.50. The summed E-state index contributed by atoms with van der Waals surface area (Å²) in [6, 6.07) is 1.49. The summed E-state index contributed by atoms with van der Waals surface area (Å²) in [4.78, 5) is 0. The van der Waals surface area contributed by atoms with Crippen molar-refractivity contribution in [3.8, 4) is 0 Å². The number of hydrogen-bond acceptors (Lipinski definition) is 2. The van der Waals surface area contributed by atoms with Gasteiger partial charge in [-0.05, 0) is 44.4 Å². The Balaban J connectivity index is 1.51. The molecule has 1 heterocycles. The van der Waals surface area contributed by atoms with Crippen LogP contribution in [0.5, 0.6) is 0 Å². The molecule has 0 radical (unpaired) electrons. The smallest absolute Gasteiger partial charge is 0.0697 e. The fraction of sp³-hybridized carbons (Fsp3) is 1.00. The fourth-order valence-electron chi connectivity index (χ4n) is 3.98. The van der Waals surface area contributed by atoms with Crippen molar-refractivity contribution in [1.29, 1.82) is 0 Å². The van der Waals surface area contributed by atoms with Gasteiger partial charge in [0.25, 0.3) is 0 Å². The van der Waals surface area contributed by atoms with Gasteiger partial charge >= 0.3 is 0 Å². The van der Waals surface area contributed by atoms with Crippen molar-refractivity contribution in [2.45, 2.75) is 88.8 Å². The van der Waals surface area contributed by atoms with Crippen LogP contribution in [0.1, 0.15) is 71.1 Å². The molecule has 2 aliphatic carbocycles. The summed E-state index contributed by atoms with van der Waals surface area (Å²) in [7, 11) is 0. The third-order valence-corrected chi connectivity index (χ3v) is 5.29. The van der Waals surface area contributed by atoms with E-state index in [1.807, 2.05) is 0 Å². The van der Waals surface area contributed by atoms with Crippen molar-refractivity contribution >= 4 is 0 Å². The Kier molecular flexibility index (Phi) is 3.95. The molecule has 1 spiro atoms. The molecule has 1 N–H and O–H groups in total. The second-order valence-corrected chi connectivity index (χ2v) is 6.88. The molecule has 3 aliphatic rings. The van der Waals surface area contributed by atoms with E-state index in [-0.39, 0.29) is 5.60 Å². The zero-order valence-corrected chi connectivity index (χ0v) is 11.9. The quantitative estimate of drug-likeness (QED) is 0.805. The first-order valence-electron chi connectivity index (χ1n) is 8.20. The van der Waals surface area contributed by atoms with E-state index < -0.39 is 0 Å². The predicted octanol–water partition coefficient (Wildman–Crippen LogP) is 3.65. The van der Waals surface area contributed by atoms with Crippen LogP contribution in [0.25, 0.3) is 0 Å². The number of hydrogen-bond donors (Lipinski definition) is 1. The summed E-state index contributed by atoms with van der Waals surface area (Å²) >= 11 is 0. The summed E-state index contributed by atoms with van der Waals surface area (Å²) in [5, 5.41) is 3.95. The van der Waals surface area contributed by atoms with Crippen LogP contribution in [0.4, 0.5) is 0 Å². The van der Waals surface area contributed by atoms with Gasteiger partial charge in [-0.25, -0.2) is 0 Å². The molecule has 0 amide bonds. The minimum Gasteiger partial charge on any atom is -0.375 e. The minimum absolute atomic E-state index is 0.272. The molecular weight excluding hydrogens is 222 g/mol. The molecule has 2 atom stereocenters. The molecule has 0 aromatic carbocycles. The SMILES string of the molecule is CCC(CC1CC1)NC1CCOC2(CCCC2)C1. The summed E-state index contributed by atoms with van der Waals surface area (Å²) in [5.41, 5.74) is 0.272. The van der Waals surface area contributed by atoms with E-state index in [9.17, 15) is 0 Å². The average molecular weight is 251 g/mol. The van der Waals surface area contributed by atoms with Crippen LogP contribution in [-0.2, 0) is 4.74 Å². The third-order valence-electron chi connectivity index (χ3n) is 5.29. The van der Waals surface area contributed by atoms with Crippen molar-refractivity contribution < 1.29 is 4.74 Å². The van der Waals surface area contributed by atoms with E-state index in [1.165, 1.54) is 64.2 Å². The van der Waals surface area contributed by atoms with Crippen molar-refractivity contribution in [3.63, 3.8) is 0 Å². The van der Waals surface area contributed by atoms with Gasteiger partial charge in [0.1, 0.15) is 0 Å². The lowest BCUT2D eigenvalue weighted by molar-refractivity contribution is -0.0849. The van der Waals surface area contributed by atoms with Gasteiger partial charge in [-0.1, -0.05) is 32.6 Å². The van der Waals surface area contributed by atoms with Gasteiger partial charge in [0.05, 0.1) is 5.60 Å². The first kappa shape index (κ1) is 12.9. The lowest BCUT2D eigenvalue weighted by atomic mass is 9.88. The lowest BCUT2D eigenvalue weighted by Crippen LogP contribution is -2.48. The molecule has 0 aromatic rings. The number of rotatable bonds is 5. The third kappa shape index (κ3) is 3.08. The highest BCUT2D eigenvalue weighted by Crippen LogP contribution is 2.40. The summed E-state index contributed by atoms with van der Waals surface area (Å²) < 4.78 is 6.13. The minimum atomic E-state index is 0.272. The largest absolute Gasteiger partial charge is 0.375 e. The van der Waals surface area contributed by atoms with Crippen LogP contribution in [0, 0.1) is 5.92 Å². The molecule has 18 heavy (non-hydrogen) atoms. The van der Waals surface area contributed by atoms with Crippen molar-refractivity contribution in [2.75, 3.05) is 6.61 Å². The van der Waals surface area contributed by atoms with Gasteiger partial charge in [-0.3, -0.25) is 0 Å². The zero-order chi connectivity index (χ0) is 12.4. The van der Waals surface area contributed by atoms with Crippen LogP contribution >= 0.6 is 0 Å². The van der Waals surface area contributed by atoms with Crippen molar-refractivity contribution in [3.05, 3.63) is 0 Å². The molecule has 104 valence electrons. The molecule has 0 aromatic heterocycles. The number of nitrogens with one attached hydrogen (secondary N) is 1. The van der Waals surface area contributed by atoms with E-state index in [0.29, 0.717) is 0 Å². The van der Waals surface area contributed by atoms with Crippen molar-refractivity contribution in [2.24, 2.45) is 5.92 Å². The number of ether oxygens (including phenoxy) is 1. The highest BCUT2D eigenvalue weighted by molar-refractivity contribution is 4.94. The zero-order valence-electron chi connectivity index (χ0n) is 11.9. The Labute approximate surface area is 112 Å². The van der Waals surface area contributed by atoms with Crippen LogP contribution in [0.3, 0.4) is 0 Å². The summed E-state index contributed by atoms with van der Waals surface area (Å²) in [5.74, 6) is 1.04. The summed E-state index contributed by atoms with van der Waals surface area (Å²) in [6.07, 6.45) is 13.6. The normalized spacial score (nSPS) is 32.8. The molecular formula is C16H29NO. The summed E-state index contributed by atoms with van der Waals surface area (Å²) in [6.45, 7) is 3.32. The molecule has 3 rings (SSSR count). The fourth-order valence-corrected chi connectivity index (χ4v) is 3.98. The van der Waals surface area contributed by atoms with E-state index in [2.05, 4.69) is 12.2 Å². The highest BCUT2D eigenvalue weighted by Gasteiger charge is 2.40.